The maximum Gasteiger partial charge on any atom is 0.317 e. The molecular formula is C15H15BrN2O3S. The fourth-order valence-electron chi connectivity index (χ4n) is 2.19. The number of carbonyl (C=O) groups excluding carboxylic acids is 1. The third kappa shape index (κ3) is 3.10. The van der Waals surface area contributed by atoms with E-state index in [-0.39, 0.29) is 5.76 Å². The van der Waals surface area contributed by atoms with Crippen LogP contribution in [0.15, 0.2) is 39.7 Å². The van der Waals surface area contributed by atoms with E-state index in [2.05, 4.69) is 32.4 Å². The van der Waals surface area contributed by atoms with Crippen molar-refractivity contribution in [1.29, 1.82) is 0 Å². The summed E-state index contributed by atoms with van der Waals surface area (Å²) in [5, 5.41) is 0. The van der Waals surface area contributed by atoms with Gasteiger partial charge in [0.1, 0.15) is 19.5 Å². The van der Waals surface area contributed by atoms with Crippen molar-refractivity contribution in [2.24, 2.45) is 4.99 Å². The zero-order valence-corrected chi connectivity index (χ0v) is 14.4. The Labute approximate surface area is 140 Å². The van der Waals surface area contributed by atoms with Crippen LogP contribution in [0.4, 0.5) is 0 Å². The Bertz CT molecular complexity index is 807. The van der Waals surface area contributed by atoms with Gasteiger partial charge in [-0.3, -0.25) is 4.79 Å². The molecule has 0 spiro atoms. The monoisotopic (exact) mass is 382 g/mol. The maximum atomic E-state index is 12.2. The largest absolute Gasteiger partial charge is 0.494 e. The Morgan fingerprint density at radius 2 is 2.32 bits per heavy atom. The fourth-order valence-corrected chi connectivity index (χ4v) is 3.80. The van der Waals surface area contributed by atoms with Crippen LogP contribution in [0.3, 0.4) is 0 Å². The lowest BCUT2D eigenvalue weighted by Crippen LogP contribution is -2.20. The number of benzene rings is 1. The summed E-state index contributed by atoms with van der Waals surface area (Å²) >= 11 is 4.97. The Balaban J connectivity index is 2.08. The number of aromatic nitrogens is 1. The lowest BCUT2D eigenvalue weighted by molar-refractivity contribution is -0.119. The van der Waals surface area contributed by atoms with Crippen LogP contribution in [0.1, 0.15) is 13.3 Å². The van der Waals surface area contributed by atoms with Crippen LogP contribution in [0, 0.1) is 0 Å². The molecule has 116 valence electrons. The number of thiazole rings is 1. The van der Waals surface area contributed by atoms with Crippen LogP contribution in [-0.4, -0.2) is 23.7 Å². The number of ether oxygens (including phenoxy) is 2. The van der Waals surface area contributed by atoms with Gasteiger partial charge in [-0.05, 0) is 24.6 Å². The molecule has 2 heterocycles. The molecule has 0 fully saturated rings. The normalized spacial score (nSPS) is 15.4. The molecule has 2 aromatic rings. The van der Waals surface area contributed by atoms with Crippen molar-refractivity contribution in [3.05, 3.63) is 39.5 Å². The van der Waals surface area contributed by atoms with Gasteiger partial charge in [0, 0.05) is 11.0 Å². The van der Waals surface area contributed by atoms with Gasteiger partial charge in [-0.2, -0.15) is 4.99 Å². The first-order chi connectivity index (χ1) is 10.7. The SMILES string of the molecule is CCCn1c(=NC(=O)C2=COCCO2)sc2cc(Br)ccc21. The van der Waals surface area contributed by atoms with Gasteiger partial charge in [0.05, 0.1) is 10.2 Å². The summed E-state index contributed by atoms with van der Waals surface area (Å²) in [6, 6.07) is 6.07. The lowest BCUT2D eigenvalue weighted by Gasteiger charge is -2.12. The number of halogens is 1. The molecule has 5 nitrogen and oxygen atoms in total. The molecule has 22 heavy (non-hydrogen) atoms. The number of hydrogen-bond donors (Lipinski definition) is 0. The molecule has 1 amide bonds. The summed E-state index contributed by atoms with van der Waals surface area (Å²) in [7, 11) is 0. The van der Waals surface area contributed by atoms with E-state index in [0.29, 0.717) is 18.0 Å². The summed E-state index contributed by atoms with van der Waals surface area (Å²) in [5.41, 5.74) is 1.08. The minimum absolute atomic E-state index is 0.160. The predicted molar refractivity (Wildman–Crippen MR) is 88.4 cm³/mol. The van der Waals surface area contributed by atoms with Crippen molar-refractivity contribution in [3.63, 3.8) is 0 Å². The average Bonchev–Trinajstić information content (AvgIpc) is 2.85. The standard InChI is InChI=1S/C15H15BrN2O3S/c1-2-5-18-11-4-3-10(16)8-13(11)22-15(18)17-14(19)12-9-20-6-7-21-12/h3-4,8-9H,2,5-7H2,1H3. The highest BCUT2D eigenvalue weighted by atomic mass is 79.9. The molecule has 0 radical (unpaired) electrons. The van der Waals surface area contributed by atoms with E-state index in [1.165, 1.54) is 17.6 Å². The smallest absolute Gasteiger partial charge is 0.317 e. The maximum absolute atomic E-state index is 12.2. The summed E-state index contributed by atoms with van der Waals surface area (Å²) in [6.07, 6.45) is 2.30. The molecule has 0 unspecified atom stereocenters. The Morgan fingerprint density at radius 3 is 3.05 bits per heavy atom. The molecule has 0 aliphatic carbocycles. The van der Waals surface area contributed by atoms with Crippen LogP contribution in [0.25, 0.3) is 10.2 Å². The average molecular weight is 383 g/mol. The quantitative estimate of drug-likeness (QED) is 0.818. The zero-order valence-electron chi connectivity index (χ0n) is 12.0. The fraction of sp³-hybridized carbons (Fsp3) is 0.333. The highest BCUT2D eigenvalue weighted by molar-refractivity contribution is 9.10. The number of aryl methyl sites for hydroxylation is 1. The minimum Gasteiger partial charge on any atom is -0.494 e. The van der Waals surface area contributed by atoms with Gasteiger partial charge < -0.3 is 14.0 Å². The van der Waals surface area contributed by atoms with Gasteiger partial charge >= 0.3 is 5.91 Å². The molecule has 1 aromatic heterocycles. The van der Waals surface area contributed by atoms with E-state index >= 15 is 0 Å². The molecule has 1 aliphatic rings. The van der Waals surface area contributed by atoms with E-state index in [4.69, 9.17) is 9.47 Å². The second-order valence-corrected chi connectivity index (χ2v) is 6.69. The molecule has 0 atom stereocenters. The van der Waals surface area contributed by atoms with Crippen molar-refractivity contribution >= 4 is 43.4 Å². The third-order valence-electron chi connectivity index (χ3n) is 3.15. The summed E-state index contributed by atoms with van der Waals surface area (Å²) < 4.78 is 14.6. The summed E-state index contributed by atoms with van der Waals surface area (Å²) in [5.74, 6) is -0.247. The highest BCUT2D eigenvalue weighted by Crippen LogP contribution is 2.22. The second-order valence-electron chi connectivity index (χ2n) is 4.77. The predicted octanol–water partition coefficient (Wildman–Crippen LogP) is 3.19. The summed E-state index contributed by atoms with van der Waals surface area (Å²) in [6.45, 7) is 3.75. The first kappa shape index (κ1) is 15.3. The Morgan fingerprint density at radius 1 is 1.45 bits per heavy atom. The molecule has 1 aliphatic heterocycles. The van der Waals surface area contributed by atoms with E-state index < -0.39 is 5.91 Å². The van der Waals surface area contributed by atoms with Crippen LogP contribution < -0.4 is 4.80 Å². The topological polar surface area (TPSA) is 52.8 Å². The first-order valence-electron chi connectivity index (χ1n) is 7.01. The zero-order chi connectivity index (χ0) is 15.5. The number of hydrogen-bond acceptors (Lipinski definition) is 4. The van der Waals surface area contributed by atoms with Gasteiger partial charge in [0.2, 0.25) is 5.76 Å². The number of amides is 1. The van der Waals surface area contributed by atoms with E-state index in [1.807, 2.05) is 18.2 Å². The van der Waals surface area contributed by atoms with Crippen LogP contribution >= 0.6 is 27.3 Å². The molecule has 0 saturated carbocycles. The molecule has 0 bridgehead atoms. The minimum atomic E-state index is -0.407. The Kier molecular flexibility index (Phi) is 4.63. The van der Waals surface area contributed by atoms with Crippen molar-refractivity contribution in [2.45, 2.75) is 19.9 Å². The molecule has 3 rings (SSSR count). The van der Waals surface area contributed by atoms with Gasteiger partial charge in [0.15, 0.2) is 4.80 Å². The molecule has 0 saturated heterocycles. The third-order valence-corrected chi connectivity index (χ3v) is 4.68. The number of fused-ring (bicyclic) bond motifs is 1. The molecule has 0 N–H and O–H groups in total. The number of rotatable bonds is 3. The lowest BCUT2D eigenvalue weighted by atomic mass is 10.3. The van der Waals surface area contributed by atoms with Crippen molar-refractivity contribution in [2.75, 3.05) is 13.2 Å². The Hall–Kier alpha value is -1.60. The van der Waals surface area contributed by atoms with E-state index in [1.54, 1.807) is 0 Å². The van der Waals surface area contributed by atoms with Gasteiger partial charge in [-0.15, -0.1) is 0 Å². The van der Waals surface area contributed by atoms with Gasteiger partial charge in [-0.1, -0.05) is 34.2 Å². The van der Waals surface area contributed by atoms with E-state index in [9.17, 15) is 4.79 Å². The van der Waals surface area contributed by atoms with Crippen LogP contribution in [0.2, 0.25) is 0 Å². The molecule has 1 aromatic carbocycles. The summed E-state index contributed by atoms with van der Waals surface area (Å²) in [4.78, 5) is 17.1. The first-order valence-corrected chi connectivity index (χ1v) is 8.62. The second kappa shape index (κ2) is 6.66. The molecule has 7 heteroatoms. The van der Waals surface area contributed by atoms with Crippen LogP contribution in [0.5, 0.6) is 0 Å². The number of nitrogens with zero attached hydrogens (tertiary/aromatic N) is 2. The van der Waals surface area contributed by atoms with Crippen molar-refractivity contribution < 1.29 is 14.3 Å². The number of carbonyl (C=O) groups is 1. The van der Waals surface area contributed by atoms with Gasteiger partial charge in [0.25, 0.3) is 0 Å². The van der Waals surface area contributed by atoms with Crippen molar-refractivity contribution in [3.8, 4) is 0 Å². The van der Waals surface area contributed by atoms with Gasteiger partial charge in [-0.25, -0.2) is 0 Å². The van der Waals surface area contributed by atoms with Crippen molar-refractivity contribution in [1.82, 2.24) is 4.57 Å². The highest BCUT2D eigenvalue weighted by Gasteiger charge is 2.15. The molecular weight excluding hydrogens is 368 g/mol. The van der Waals surface area contributed by atoms with Crippen LogP contribution in [-0.2, 0) is 20.8 Å². The van der Waals surface area contributed by atoms with E-state index in [0.717, 1.165) is 27.7 Å².